The quantitative estimate of drug-likeness (QED) is 0.291. The van der Waals surface area contributed by atoms with Gasteiger partial charge in [-0.1, -0.05) is 28.1 Å². The third kappa shape index (κ3) is 6.40. The number of nitrogens with zero attached hydrogens (tertiary/aromatic N) is 2. The predicted octanol–water partition coefficient (Wildman–Crippen LogP) is 5.23. The van der Waals surface area contributed by atoms with Crippen LogP contribution in [0.2, 0.25) is 0 Å². The molecule has 0 radical (unpaired) electrons. The number of esters is 2. The molecule has 174 valence electrons. The molecular weight excluding hydrogens is 528 g/mol. The summed E-state index contributed by atoms with van der Waals surface area (Å²) >= 11 is 9.95. The van der Waals surface area contributed by atoms with Gasteiger partial charge in [0.2, 0.25) is 0 Å². The summed E-state index contributed by atoms with van der Waals surface area (Å²) in [5.41, 5.74) is 2.54. The zero-order valence-electron chi connectivity index (χ0n) is 18.3. The molecule has 0 atom stereocenters. The summed E-state index contributed by atoms with van der Waals surface area (Å²) in [5.74, 6) is -1.03. The molecule has 0 saturated heterocycles. The first-order valence-electron chi connectivity index (χ1n) is 10.1. The lowest BCUT2D eigenvalue weighted by molar-refractivity contribution is 0.0527. The number of thiocarbonyl (C=S) groups is 1. The van der Waals surface area contributed by atoms with Crippen LogP contribution in [0.4, 0.5) is 10.7 Å². The van der Waals surface area contributed by atoms with Gasteiger partial charge in [-0.25, -0.2) is 9.59 Å². The van der Waals surface area contributed by atoms with Gasteiger partial charge in [0.25, 0.3) is 0 Å². The standard InChI is InChI=1S/C22H23BrN4O4S2/c1-4-30-20(28)17-13(3)18(21(29)31-5-2)33-19(17)26-22(32)25-16-10-24-27(12-16)11-14-6-8-15(23)9-7-14/h6-10,12H,4-5,11H2,1-3H3,(H2,25,26,32). The van der Waals surface area contributed by atoms with Crippen LogP contribution in [-0.4, -0.2) is 40.0 Å². The summed E-state index contributed by atoms with van der Waals surface area (Å²) in [7, 11) is 0. The summed E-state index contributed by atoms with van der Waals surface area (Å²) < 4.78 is 13.1. The van der Waals surface area contributed by atoms with Crippen LogP contribution in [0.15, 0.2) is 41.1 Å². The molecular formula is C22H23BrN4O4S2. The Hall–Kier alpha value is -2.76. The molecule has 8 nitrogen and oxygen atoms in total. The van der Waals surface area contributed by atoms with Gasteiger partial charge in [-0.3, -0.25) is 4.68 Å². The van der Waals surface area contributed by atoms with Gasteiger partial charge < -0.3 is 20.1 Å². The van der Waals surface area contributed by atoms with Crippen molar-refractivity contribution < 1.29 is 19.1 Å². The van der Waals surface area contributed by atoms with Crippen molar-refractivity contribution in [2.45, 2.75) is 27.3 Å². The Balaban J connectivity index is 1.73. The molecule has 1 aromatic carbocycles. The molecule has 0 unspecified atom stereocenters. The molecule has 2 aromatic heterocycles. The Labute approximate surface area is 209 Å². The van der Waals surface area contributed by atoms with E-state index in [1.807, 2.05) is 30.5 Å². The Kier molecular flexibility index (Phi) is 8.59. The monoisotopic (exact) mass is 550 g/mol. The van der Waals surface area contributed by atoms with Crippen molar-refractivity contribution in [3.63, 3.8) is 0 Å². The van der Waals surface area contributed by atoms with Crippen LogP contribution < -0.4 is 10.6 Å². The van der Waals surface area contributed by atoms with Gasteiger partial charge in [0, 0.05) is 10.7 Å². The SMILES string of the molecule is CCOC(=O)c1sc(NC(=S)Nc2cnn(Cc3ccc(Br)cc3)c2)c(C(=O)OCC)c1C. The Morgan fingerprint density at radius 3 is 2.45 bits per heavy atom. The van der Waals surface area contributed by atoms with E-state index in [-0.39, 0.29) is 23.9 Å². The van der Waals surface area contributed by atoms with Crippen LogP contribution in [-0.2, 0) is 16.0 Å². The van der Waals surface area contributed by atoms with Crippen molar-refractivity contribution in [2.75, 3.05) is 23.8 Å². The molecule has 33 heavy (non-hydrogen) atoms. The van der Waals surface area contributed by atoms with Gasteiger partial charge in [-0.2, -0.15) is 5.10 Å². The smallest absolute Gasteiger partial charge is 0.348 e. The summed E-state index contributed by atoms with van der Waals surface area (Å²) in [6.07, 6.45) is 3.48. The largest absolute Gasteiger partial charge is 0.462 e. The highest BCUT2D eigenvalue weighted by atomic mass is 79.9. The summed E-state index contributed by atoms with van der Waals surface area (Å²) in [5, 5.41) is 11.1. The van der Waals surface area contributed by atoms with Gasteiger partial charge in [-0.05, 0) is 56.2 Å². The zero-order chi connectivity index (χ0) is 24.0. The molecule has 0 fully saturated rings. The van der Waals surface area contributed by atoms with Crippen LogP contribution in [0, 0.1) is 6.92 Å². The van der Waals surface area contributed by atoms with Crippen molar-refractivity contribution >= 4 is 67.2 Å². The van der Waals surface area contributed by atoms with E-state index in [0.717, 1.165) is 21.4 Å². The maximum atomic E-state index is 12.5. The van der Waals surface area contributed by atoms with E-state index in [4.69, 9.17) is 21.7 Å². The normalized spacial score (nSPS) is 10.5. The number of hydrogen-bond donors (Lipinski definition) is 2. The third-order valence-corrected chi connectivity index (χ3v) is 6.38. The highest BCUT2D eigenvalue weighted by molar-refractivity contribution is 9.10. The summed E-state index contributed by atoms with van der Waals surface area (Å²) in [6, 6.07) is 7.99. The third-order valence-electron chi connectivity index (χ3n) is 4.46. The second kappa shape index (κ2) is 11.4. The van der Waals surface area contributed by atoms with Crippen LogP contribution in [0.3, 0.4) is 0 Å². The average Bonchev–Trinajstić information content (AvgIpc) is 3.33. The fourth-order valence-electron chi connectivity index (χ4n) is 3.00. The van der Waals surface area contributed by atoms with E-state index in [0.29, 0.717) is 27.7 Å². The fourth-order valence-corrected chi connectivity index (χ4v) is 4.64. The Morgan fingerprint density at radius 2 is 1.79 bits per heavy atom. The minimum absolute atomic E-state index is 0.211. The van der Waals surface area contributed by atoms with E-state index < -0.39 is 11.9 Å². The van der Waals surface area contributed by atoms with Gasteiger partial charge in [0.05, 0.1) is 37.2 Å². The average molecular weight is 551 g/mol. The van der Waals surface area contributed by atoms with Gasteiger partial charge in [0.15, 0.2) is 5.11 Å². The highest BCUT2D eigenvalue weighted by Crippen LogP contribution is 2.34. The molecule has 0 aliphatic heterocycles. The molecule has 2 N–H and O–H groups in total. The van der Waals surface area contributed by atoms with E-state index in [1.54, 1.807) is 31.6 Å². The highest BCUT2D eigenvalue weighted by Gasteiger charge is 2.26. The van der Waals surface area contributed by atoms with Crippen LogP contribution in [0.1, 0.15) is 45.0 Å². The number of anilines is 2. The van der Waals surface area contributed by atoms with E-state index in [2.05, 4.69) is 31.7 Å². The number of hydrogen-bond acceptors (Lipinski definition) is 7. The maximum Gasteiger partial charge on any atom is 0.348 e. The van der Waals surface area contributed by atoms with Crippen LogP contribution in [0.5, 0.6) is 0 Å². The number of nitrogens with one attached hydrogen (secondary N) is 2. The number of aromatic nitrogens is 2. The molecule has 0 spiro atoms. The lowest BCUT2D eigenvalue weighted by Gasteiger charge is -2.09. The molecule has 3 aromatic rings. The second-order valence-corrected chi connectivity index (χ2v) is 9.18. The number of carbonyl (C=O) groups excluding carboxylic acids is 2. The van der Waals surface area contributed by atoms with E-state index >= 15 is 0 Å². The first-order chi connectivity index (χ1) is 15.8. The van der Waals surface area contributed by atoms with E-state index in [1.165, 1.54) is 0 Å². The van der Waals surface area contributed by atoms with Crippen molar-refractivity contribution in [3.8, 4) is 0 Å². The Bertz CT molecular complexity index is 1160. The number of rotatable bonds is 8. The van der Waals surface area contributed by atoms with Gasteiger partial charge in [-0.15, -0.1) is 11.3 Å². The number of carbonyl (C=O) groups is 2. The van der Waals surface area contributed by atoms with E-state index in [9.17, 15) is 9.59 Å². The van der Waals surface area contributed by atoms with Gasteiger partial charge in [0.1, 0.15) is 9.88 Å². The van der Waals surface area contributed by atoms with Crippen molar-refractivity contribution in [1.82, 2.24) is 9.78 Å². The molecule has 0 amide bonds. The molecule has 11 heteroatoms. The molecule has 0 bridgehead atoms. The minimum Gasteiger partial charge on any atom is -0.462 e. The zero-order valence-corrected chi connectivity index (χ0v) is 21.5. The summed E-state index contributed by atoms with van der Waals surface area (Å²) in [4.78, 5) is 25.2. The first-order valence-corrected chi connectivity index (χ1v) is 12.2. The predicted molar refractivity (Wildman–Crippen MR) is 136 cm³/mol. The van der Waals surface area contributed by atoms with Crippen LogP contribution >= 0.6 is 39.5 Å². The maximum absolute atomic E-state index is 12.5. The molecule has 3 rings (SSSR count). The number of ether oxygens (including phenoxy) is 2. The van der Waals surface area contributed by atoms with Crippen molar-refractivity contribution in [3.05, 3.63) is 62.7 Å². The number of thiophene rings is 1. The number of halogens is 1. The topological polar surface area (TPSA) is 94.5 Å². The number of benzene rings is 1. The van der Waals surface area contributed by atoms with Crippen molar-refractivity contribution in [1.29, 1.82) is 0 Å². The van der Waals surface area contributed by atoms with Crippen LogP contribution in [0.25, 0.3) is 0 Å². The van der Waals surface area contributed by atoms with Gasteiger partial charge >= 0.3 is 11.9 Å². The molecule has 2 heterocycles. The fraction of sp³-hybridized carbons (Fsp3) is 0.273. The Morgan fingerprint density at radius 1 is 1.12 bits per heavy atom. The molecule has 0 aliphatic carbocycles. The lowest BCUT2D eigenvalue weighted by atomic mass is 10.1. The first kappa shape index (κ1) is 24.9. The van der Waals surface area contributed by atoms with Crippen molar-refractivity contribution in [2.24, 2.45) is 0 Å². The lowest BCUT2D eigenvalue weighted by Crippen LogP contribution is -2.20. The minimum atomic E-state index is -0.533. The molecule has 0 saturated carbocycles. The summed E-state index contributed by atoms with van der Waals surface area (Å²) in [6.45, 7) is 6.18. The second-order valence-electron chi connectivity index (χ2n) is 6.83. The molecule has 0 aliphatic rings.